The molecule has 212 valence electrons. The second kappa shape index (κ2) is 10.8. The van der Waals surface area contributed by atoms with Crippen LogP contribution in [0.2, 0.25) is 0 Å². The van der Waals surface area contributed by atoms with Crippen molar-refractivity contribution in [3.05, 3.63) is 47.8 Å². The van der Waals surface area contributed by atoms with Gasteiger partial charge in [0, 0.05) is 55.4 Å². The summed E-state index contributed by atoms with van der Waals surface area (Å²) >= 11 is -0.190. The van der Waals surface area contributed by atoms with Gasteiger partial charge in [-0.2, -0.15) is 13.2 Å². The number of alkyl halides is 3. The topological polar surface area (TPSA) is 82.9 Å². The van der Waals surface area contributed by atoms with Gasteiger partial charge in [0.1, 0.15) is 10.8 Å². The predicted molar refractivity (Wildman–Crippen MR) is 150 cm³/mol. The Bertz CT molecular complexity index is 1500. The third-order valence-electron chi connectivity index (χ3n) is 7.88. The lowest BCUT2D eigenvalue weighted by Gasteiger charge is -2.30. The molecule has 1 aromatic carbocycles. The molecule has 3 atom stereocenters. The zero-order chi connectivity index (χ0) is 28.7. The van der Waals surface area contributed by atoms with Crippen molar-refractivity contribution in [2.24, 2.45) is 11.8 Å². The molecular formula is C28H31F3N6O2S. The summed E-state index contributed by atoms with van der Waals surface area (Å²) in [6.45, 7) is 4.26. The number of benzene rings is 1. The molecule has 0 radical (unpaired) electrons. The average molecular weight is 573 g/mol. The highest BCUT2D eigenvalue weighted by Crippen LogP contribution is 2.57. The van der Waals surface area contributed by atoms with E-state index < -0.39 is 5.51 Å². The summed E-state index contributed by atoms with van der Waals surface area (Å²) in [5.74, 6) is 7.57. The van der Waals surface area contributed by atoms with E-state index in [1.165, 1.54) is 31.0 Å². The summed E-state index contributed by atoms with van der Waals surface area (Å²) in [6, 6.07) is 6.60. The number of hydrogen-bond acceptors (Lipinski definition) is 7. The third-order valence-corrected chi connectivity index (χ3v) is 8.72. The van der Waals surface area contributed by atoms with Crippen LogP contribution in [0.25, 0.3) is 5.52 Å². The van der Waals surface area contributed by atoms with Gasteiger partial charge in [0.2, 0.25) is 0 Å². The molecule has 2 aliphatic rings. The van der Waals surface area contributed by atoms with Gasteiger partial charge in [0.15, 0.2) is 5.82 Å². The van der Waals surface area contributed by atoms with E-state index in [4.69, 9.17) is 4.74 Å². The molecule has 1 aliphatic carbocycles. The number of nitrogens with zero attached hydrogens (tertiary/aromatic N) is 3. The Morgan fingerprint density at radius 2 is 2.12 bits per heavy atom. The number of nitrogens with one attached hydrogen (secondary N) is 3. The van der Waals surface area contributed by atoms with Gasteiger partial charge < -0.3 is 30.0 Å². The lowest BCUT2D eigenvalue weighted by atomic mass is 10.0. The van der Waals surface area contributed by atoms with Crippen molar-refractivity contribution < 1.29 is 22.7 Å². The number of carbonyl (C=O) groups excluding carboxylic acids is 1. The van der Waals surface area contributed by atoms with E-state index in [-0.39, 0.29) is 40.3 Å². The molecule has 0 spiro atoms. The first-order valence-corrected chi connectivity index (χ1v) is 13.7. The monoisotopic (exact) mass is 572 g/mol. The second-order valence-electron chi connectivity index (χ2n) is 10.2. The fourth-order valence-electron chi connectivity index (χ4n) is 5.64. The highest BCUT2D eigenvalue weighted by atomic mass is 32.2. The van der Waals surface area contributed by atoms with Crippen LogP contribution >= 0.6 is 11.8 Å². The van der Waals surface area contributed by atoms with Gasteiger partial charge in [-0.15, -0.1) is 0 Å². The van der Waals surface area contributed by atoms with Crippen LogP contribution in [0.4, 0.5) is 24.7 Å². The number of thioether (sulfide) groups is 1. The molecule has 8 nitrogen and oxygen atoms in total. The number of carbonyl (C=O) groups is 1. The maximum absolute atomic E-state index is 13.6. The lowest BCUT2D eigenvalue weighted by molar-refractivity contribution is -0.0329. The number of hydrogen-bond donors (Lipinski definition) is 3. The third kappa shape index (κ3) is 5.40. The van der Waals surface area contributed by atoms with Gasteiger partial charge in [-0.3, -0.25) is 4.79 Å². The first-order valence-electron chi connectivity index (χ1n) is 12.9. The summed E-state index contributed by atoms with van der Waals surface area (Å²) in [6.07, 6.45) is 4.01. The molecule has 3 N–H and O–H groups in total. The van der Waals surface area contributed by atoms with Crippen molar-refractivity contribution in [2.45, 2.75) is 29.4 Å². The smallest absolute Gasteiger partial charge is 0.447 e. The molecule has 2 aromatic heterocycles. The molecule has 5 rings (SSSR count). The highest BCUT2D eigenvalue weighted by molar-refractivity contribution is 8.00. The standard InChI is InChI=1S/C28H31F3N6O2S/c1-17-20-16-36(3)12-9-27(17,20)35-24-22-15-19(26(40-28(29,30)31)37(22)13-11-34-24)6-5-10-33-21-14-18(25(38)32-2)7-8-23(21)39-4/h7-8,11,13-15,17,20,33H,9-10,12,16H2,1-4H3,(H,32,38)(H,34,35)/t17-,20+,27+/m0/s1. The van der Waals surface area contributed by atoms with E-state index >= 15 is 0 Å². The minimum atomic E-state index is -4.49. The zero-order valence-electron chi connectivity index (χ0n) is 22.6. The number of anilines is 2. The SMILES string of the molecule is CNC(=O)c1ccc(OC)c(NCC#Cc2cc3c(N[C@@]45CCN(C)C[C@@H]4[C@@H]5C)nccn3c2SC(F)(F)F)c1. The van der Waals surface area contributed by atoms with Crippen LogP contribution in [0.15, 0.2) is 41.7 Å². The van der Waals surface area contributed by atoms with Crippen LogP contribution in [0.1, 0.15) is 29.3 Å². The van der Waals surface area contributed by atoms with Crippen molar-refractivity contribution in [1.82, 2.24) is 19.6 Å². The summed E-state index contributed by atoms with van der Waals surface area (Å²) in [7, 11) is 5.15. The normalized spacial score (nSPS) is 22.2. The maximum atomic E-state index is 13.6. The molecule has 12 heteroatoms. The summed E-state index contributed by atoms with van der Waals surface area (Å²) in [5.41, 5.74) is -2.79. The molecule has 1 amide bonds. The lowest BCUT2D eigenvalue weighted by Crippen LogP contribution is -2.39. The van der Waals surface area contributed by atoms with Crippen LogP contribution in [0.3, 0.4) is 0 Å². The molecular weight excluding hydrogens is 541 g/mol. The fourth-order valence-corrected chi connectivity index (χ4v) is 6.34. The van der Waals surface area contributed by atoms with Crippen molar-refractivity contribution in [3.8, 4) is 17.6 Å². The highest BCUT2D eigenvalue weighted by Gasteiger charge is 2.63. The van der Waals surface area contributed by atoms with Crippen LogP contribution < -0.4 is 20.7 Å². The average Bonchev–Trinajstić information content (AvgIpc) is 3.32. The van der Waals surface area contributed by atoms with E-state index in [2.05, 4.69) is 51.6 Å². The van der Waals surface area contributed by atoms with E-state index in [0.29, 0.717) is 40.2 Å². The maximum Gasteiger partial charge on any atom is 0.447 e. The van der Waals surface area contributed by atoms with Crippen molar-refractivity contribution in [2.75, 3.05) is 51.5 Å². The van der Waals surface area contributed by atoms with Crippen LogP contribution in [0, 0.1) is 23.7 Å². The number of likely N-dealkylation sites (tertiary alicyclic amines) is 1. The molecule has 1 aliphatic heterocycles. The summed E-state index contributed by atoms with van der Waals surface area (Å²) in [5, 5.41) is 9.26. The van der Waals surface area contributed by atoms with Gasteiger partial charge in [0.25, 0.3) is 5.91 Å². The minimum Gasteiger partial charge on any atom is -0.495 e. The number of ether oxygens (including phenoxy) is 1. The Balaban J connectivity index is 1.43. The summed E-state index contributed by atoms with van der Waals surface area (Å²) < 4.78 is 47.6. The molecule has 1 saturated heterocycles. The Labute approximate surface area is 235 Å². The molecule has 3 aromatic rings. The number of fused-ring (bicyclic) bond motifs is 2. The molecule has 3 heterocycles. The molecule has 0 bridgehead atoms. The number of rotatable bonds is 7. The Hall–Kier alpha value is -3.56. The minimum absolute atomic E-state index is 0.0130. The Morgan fingerprint density at radius 1 is 1.32 bits per heavy atom. The van der Waals surface area contributed by atoms with Gasteiger partial charge in [-0.1, -0.05) is 18.8 Å². The fraction of sp³-hybridized carbons (Fsp3) is 0.429. The van der Waals surface area contributed by atoms with E-state index in [0.717, 1.165) is 19.5 Å². The molecule has 1 saturated carbocycles. The number of methoxy groups -OCH3 is 1. The molecule has 2 fully saturated rings. The van der Waals surface area contributed by atoms with Gasteiger partial charge in [-0.25, -0.2) is 4.98 Å². The number of aromatic nitrogens is 2. The van der Waals surface area contributed by atoms with E-state index in [1.807, 2.05) is 0 Å². The number of amides is 1. The zero-order valence-corrected chi connectivity index (χ0v) is 23.5. The Morgan fingerprint density at radius 3 is 2.83 bits per heavy atom. The number of halogens is 3. The first-order chi connectivity index (χ1) is 19.1. The van der Waals surface area contributed by atoms with Crippen molar-refractivity contribution in [1.29, 1.82) is 0 Å². The van der Waals surface area contributed by atoms with Crippen molar-refractivity contribution in [3.63, 3.8) is 0 Å². The van der Waals surface area contributed by atoms with Crippen LogP contribution in [0.5, 0.6) is 5.75 Å². The van der Waals surface area contributed by atoms with Crippen LogP contribution in [-0.4, -0.2) is 72.1 Å². The molecule has 40 heavy (non-hydrogen) atoms. The van der Waals surface area contributed by atoms with E-state index in [1.54, 1.807) is 24.3 Å². The largest absolute Gasteiger partial charge is 0.495 e. The Kier molecular flexibility index (Phi) is 7.54. The van der Waals surface area contributed by atoms with Gasteiger partial charge in [0.05, 0.1) is 30.4 Å². The van der Waals surface area contributed by atoms with Gasteiger partial charge in [-0.05, 0) is 49.6 Å². The first kappa shape index (κ1) is 28.0. The second-order valence-corrected chi connectivity index (χ2v) is 11.2. The quantitative estimate of drug-likeness (QED) is 0.284. The van der Waals surface area contributed by atoms with E-state index in [9.17, 15) is 18.0 Å². The van der Waals surface area contributed by atoms with Crippen molar-refractivity contribution >= 4 is 34.7 Å². The van der Waals surface area contributed by atoms with Gasteiger partial charge >= 0.3 is 5.51 Å². The molecule has 0 unspecified atom stereocenters. The predicted octanol–water partition coefficient (Wildman–Crippen LogP) is 4.53. The summed E-state index contributed by atoms with van der Waals surface area (Å²) in [4.78, 5) is 18.8. The van der Waals surface area contributed by atoms with Crippen LogP contribution in [-0.2, 0) is 0 Å². The number of piperidine rings is 1.